The average molecular weight is 328 g/mol. The van der Waals surface area contributed by atoms with E-state index < -0.39 is 59.3 Å². The van der Waals surface area contributed by atoms with E-state index in [-0.39, 0.29) is 11.3 Å². The average Bonchev–Trinajstić information content (AvgIpc) is 2.99. The predicted molar refractivity (Wildman–Crippen MR) is 75.0 cm³/mol. The van der Waals surface area contributed by atoms with Gasteiger partial charge < -0.3 is 4.74 Å². The summed E-state index contributed by atoms with van der Waals surface area (Å²) < 4.78 is 60.1. The molecule has 23 heavy (non-hydrogen) atoms. The van der Waals surface area contributed by atoms with Crippen LogP contribution in [0.25, 0.3) is 0 Å². The van der Waals surface area contributed by atoms with Gasteiger partial charge in [-0.2, -0.15) is 0 Å². The number of ether oxygens (including phenoxy) is 1. The Balaban J connectivity index is 2.22. The number of carbonyl (C=O) groups is 1. The lowest BCUT2D eigenvalue weighted by Crippen LogP contribution is -2.14. The normalized spacial score (nSPS) is 21.7. The Morgan fingerprint density at radius 2 is 1.57 bits per heavy atom. The second kappa shape index (κ2) is 5.88. The number of rotatable bonds is 4. The van der Waals surface area contributed by atoms with Gasteiger partial charge in [0.1, 0.15) is 6.61 Å². The summed E-state index contributed by atoms with van der Waals surface area (Å²) in [6, 6.07) is 0. The van der Waals surface area contributed by atoms with Gasteiger partial charge in [0.2, 0.25) is 0 Å². The molecule has 1 aromatic carbocycles. The third kappa shape index (κ3) is 2.80. The van der Waals surface area contributed by atoms with Gasteiger partial charge in [-0.15, -0.1) is 12.3 Å². The van der Waals surface area contributed by atoms with Crippen LogP contribution in [0.15, 0.2) is 0 Å². The van der Waals surface area contributed by atoms with Crippen LogP contribution in [0.1, 0.15) is 31.9 Å². The summed E-state index contributed by atoms with van der Waals surface area (Å²) in [5.74, 6) is -5.36. The molecular formula is C17H16F4O2. The van der Waals surface area contributed by atoms with Gasteiger partial charge in [0.25, 0.3) is 0 Å². The number of esters is 1. The third-order valence-corrected chi connectivity index (χ3v) is 4.70. The van der Waals surface area contributed by atoms with Crippen molar-refractivity contribution in [1.82, 2.24) is 0 Å². The van der Waals surface area contributed by atoms with E-state index in [0.717, 1.165) is 0 Å². The fourth-order valence-corrected chi connectivity index (χ4v) is 2.74. The van der Waals surface area contributed by atoms with Crippen molar-refractivity contribution in [3.63, 3.8) is 0 Å². The van der Waals surface area contributed by atoms with E-state index in [9.17, 15) is 22.4 Å². The molecule has 1 fully saturated rings. The Hall–Kier alpha value is -2.03. The van der Waals surface area contributed by atoms with Crippen molar-refractivity contribution in [3.8, 4) is 12.3 Å². The zero-order valence-electron chi connectivity index (χ0n) is 13.0. The quantitative estimate of drug-likeness (QED) is 0.364. The van der Waals surface area contributed by atoms with Crippen LogP contribution in [-0.2, 0) is 22.6 Å². The van der Waals surface area contributed by atoms with Crippen LogP contribution >= 0.6 is 0 Å². The summed E-state index contributed by atoms with van der Waals surface area (Å²) in [7, 11) is 0. The van der Waals surface area contributed by atoms with Crippen LogP contribution in [0.5, 0.6) is 0 Å². The summed E-state index contributed by atoms with van der Waals surface area (Å²) in [6.45, 7) is 4.69. The maximum absolute atomic E-state index is 13.9. The molecule has 2 nitrogen and oxygen atoms in total. The Labute approximate surface area is 131 Å². The maximum atomic E-state index is 13.9. The van der Waals surface area contributed by atoms with Gasteiger partial charge >= 0.3 is 5.97 Å². The van der Waals surface area contributed by atoms with Crippen LogP contribution in [0, 0.1) is 52.9 Å². The lowest BCUT2D eigenvalue weighted by molar-refractivity contribution is -0.147. The zero-order valence-corrected chi connectivity index (χ0v) is 13.0. The van der Waals surface area contributed by atoms with E-state index >= 15 is 0 Å². The first-order valence-electron chi connectivity index (χ1n) is 7.08. The molecule has 0 aromatic heterocycles. The molecule has 0 saturated heterocycles. The molecule has 124 valence electrons. The molecule has 1 aliphatic carbocycles. The number of terminal acetylenes is 1. The molecule has 2 atom stereocenters. The second-order valence-electron chi connectivity index (χ2n) is 6.29. The highest BCUT2D eigenvalue weighted by Crippen LogP contribution is 2.58. The molecule has 6 heteroatoms. The Morgan fingerprint density at radius 3 is 1.96 bits per heavy atom. The Morgan fingerprint density at radius 1 is 1.13 bits per heavy atom. The minimum Gasteiger partial charge on any atom is -0.460 e. The predicted octanol–water partition coefficient (Wildman–Crippen LogP) is 3.75. The fourth-order valence-electron chi connectivity index (χ4n) is 2.74. The highest BCUT2D eigenvalue weighted by Gasteiger charge is 2.59. The summed E-state index contributed by atoms with van der Waals surface area (Å²) in [5, 5.41) is 0. The molecule has 0 heterocycles. The first kappa shape index (κ1) is 17.3. The molecular weight excluding hydrogens is 312 g/mol. The molecule has 0 radical (unpaired) electrons. The fraction of sp³-hybridized carbons (Fsp3) is 0.471. The van der Waals surface area contributed by atoms with Crippen LogP contribution in [0.3, 0.4) is 0 Å². The molecule has 2 rings (SSSR count). The summed E-state index contributed by atoms with van der Waals surface area (Å²) in [4.78, 5) is 11.9. The van der Waals surface area contributed by atoms with Crippen molar-refractivity contribution in [2.75, 3.05) is 0 Å². The van der Waals surface area contributed by atoms with E-state index in [1.807, 2.05) is 26.7 Å². The van der Waals surface area contributed by atoms with E-state index in [1.54, 1.807) is 0 Å². The molecule has 0 N–H and O–H groups in total. The molecule has 1 aromatic rings. The van der Waals surface area contributed by atoms with Crippen molar-refractivity contribution in [1.29, 1.82) is 0 Å². The van der Waals surface area contributed by atoms with Crippen molar-refractivity contribution >= 4 is 5.97 Å². The minimum absolute atomic E-state index is 0.0659. The molecule has 0 bridgehead atoms. The summed E-state index contributed by atoms with van der Waals surface area (Å²) in [5.41, 5.74) is -2.07. The highest BCUT2D eigenvalue weighted by molar-refractivity contribution is 5.77. The standard InChI is InChI=1S/C17H16F4O2/c1-5-6-9-12(18)14(20)10(15(21)13(9)19)7-23-16(22)11-8(2)17(11,3)4/h1,8,11H,6-7H2,2-4H3/t8-,11+/m1/s1. The molecule has 0 unspecified atom stereocenters. The van der Waals surface area contributed by atoms with E-state index in [2.05, 4.69) is 0 Å². The van der Waals surface area contributed by atoms with Gasteiger partial charge in [0.15, 0.2) is 23.3 Å². The molecule has 0 amide bonds. The SMILES string of the molecule is C#CCc1c(F)c(F)c(COC(=O)[C@@H]2[C@@H](C)C2(C)C)c(F)c1F. The Kier molecular flexibility index (Phi) is 4.43. The third-order valence-electron chi connectivity index (χ3n) is 4.70. The van der Waals surface area contributed by atoms with Gasteiger partial charge in [-0.05, 0) is 11.3 Å². The first-order chi connectivity index (χ1) is 10.6. The molecule has 1 saturated carbocycles. The first-order valence-corrected chi connectivity index (χ1v) is 7.08. The lowest BCUT2D eigenvalue weighted by atomic mass is 10.1. The van der Waals surface area contributed by atoms with Gasteiger partial charge in [-0.25, -0.2) is 17.6 Å². The van der Waals surface area contributed by atoms with Crippen LogP contribution in [-0.4, -0.2) is 5.97 Å². The number of hydrogen-bond donors (Lipinski definition) is 0. The van der Waals surface area contributed by atoms with Gasteiger partial charge in [-0.3, -0.25) is 4.79 Å². The van der Waals surface area contributed by atoms with Crippen molar-refractivity contribution < 1.29 is 27.1 Å². The molecule has 0 aliphatic heterocycles. The monoisotopic (exact) mass is 328 g/mol. The molecule has 1 aliphatic rings. The zero-order chi connectivity index (χ0) is 17.5. The van der Waals surface area contributed by atoms with Gasteiger partial charge in [0, 0.05) is 12.0 Å². The number of benzene rings is 1. The van der Waals surface area contributed by atoms with Crippen molar-refractivity contribution in [2.24, 2.45) is 17.3 Å². The maximum Gasteiger partial charge on any atom is 0.310 e. The number of carbonyl (C=O) groups excluding carboxylic acids is 1. The lowest BCUT2D eigenvalue weighted by Gasteiger charge is -2.11. The largest absolute Gasteiger partial charge is 0.460 e. The summed E-state index contributed by atoms with van der Waals surface area (Å²) >= 11 is 0. The van der Waals surface area contributed by atoms with Crippen molar-refractivity contribution in [2.45, 2.75) is 33.8 Å². The van der Waals surface area contributed by atoms with Crippen LogP contribution in [0.2, 0.25) is 0 Å². The van der Waals surface area contributed by atoms with Gasteiger partial charge in [0.05, 0.1) is 11.5 Å². The Bertz CT molecular complexity index is 675. The van der Waals surface area contributed by atoms with E-state index in [0.29, 0.717) is 0 Å². The van der Waals surface area contributed by atoms with E-state index in [1.165, 1.54) is 0 Å². The van der Waals surface area contributed by atoms with Crippen LogP contribution in [0.4, 0.5) is 17.6 Å². The van der Waals surface area contributed by atoms with Crippen LogP contribution < -0.4 is 0 Å². The molecule has 0 spiro atoms. The van der Waals surface area contributed by atoms with Crippen molar-refractivity contribution in [3.05, 3.63) is 34.4 Å². The topological polar surface area (TPSA) is 26.3 Å². The number of hydrogen-bond acceptors (Lipinski definition) is 2. The summed E-state index contributed by atoms with van der Waals surface area (Å²) in [6.07, 6.45) is 4.33. The number of halogens is 4. The minimum atomic E-state index is -1.59. The highest BCUT2D eigenvalue weighted by atomic mass is 19.2. The second-order valence-corrected chi connectivity index (χ2v) is 6.29. The van der Waals surface area contributed by atoms with E-state index in [4.69, 9.17) is 11.2 Å². The van der Waals surface area contributed by atoms with Gasteiger partial charge in [-0.1, -0.05) is 20.8 Å². The smallest absolute Gasteiger partial charge is 0.310 e.